The molecule has 3 aromatic rings. The van der Waals surface area contributed by atoms with Crippen LogP contribution in [0.15, 0.2) is 41.1 Å². The van der Waals surface area contributed by atoms with Crippen molar-refractivity contribution in [2.24, 2.45) is 5.73 Å². The zero-order valence-electron chi connectivity index (χ0n) is 12.4. The number of hydrogen-bond acceptors (Lipinski definition) is 5. The maximum atomic E-state index is 12.9. The summed E-state index contributed by atoms with van der Waals surface area (Å²) in [6, 6.07) is 8.99. The average Bonchev–Trinajstić information content (AvgIpc) is 3.05. The maximum Gasteiger partial charge on any atom is 0.258 e. The number of hydrogen-bond donors (Lipinski definition) is 1. The van der Waals surface area contributed by atoms with E-state index in [-0.39, 0.29) is 6.04 Å². The van der Waals surface area contributed by atoms with Crippen LogP contribution in [0.4, 0.5) is 4.39 Å². The number of aromatic nitrogens is 3. The molecule has 0 amide bonds. The first-order chi connectivity index (χ1) is 11.2. The van der Waals surface area contributed by atoms with Gasteiger partial charge < -0.3 is 10.3 Å². The fourth-order valence-corrected chi connectivity index (χ4v) is 2.94. The molecule has 0 radical (unpaired) electrons. The Hall–Kier alpha value is -2.60. The lowest BCUT2D eigenvalue weighted by molar-refractivity contribution is 0.432. The van der Waals surface area contributed by atoms with Crippen molar-refractivity contribution in [3.63, 3.8) is 0 Å². The molecule has 2 aromatic heterocycles. The van der Waals surface area contributed by atoms with E-state index >= 15 is 0 Å². The Morgan fingerprint density at radius 2 is 2.13 bits per heavy atom. The van der Waals surface area contributed by atoms with Crippen LogP contribution in [0.3, 0.4) is 0 Å². The second-order valence-electron chi connectivity index (χ2n) is 5.70. The summed E-state index contributed by atoms with van der Waals surface area (Å²) >= 11 is 0. The Balaban J connectivity index is 1.68. The molecule has 2 N–H and O–H groups in total. The van der Waals surface area contributed by atoms with E-state index in [4.69, 9.17) is 10.3 Å². The summed E-state index contributed by atoms with van der Waals surface area (Å²) in [5.74, 6) is 0.367. The molecule has 5 nitrogen and oxygen atoms in total. The second-order valence-corrected chi connectivity index (χ2v) is 5.70. The van der Waals surface area contributed by atoms with Gasteiger partial charge in [-0.2, -0.15) is 4.98 Å². The zero-order chi connectivity index (χ0) is 15.8. The molecule has 1 aliphatic rings. The van der Waals surface area contributed by atoms with Crippen molar-refractivity contribution in [1.29, 1.82) is 0 Å². The van der Waals surface area contributed by atoms with Crippen LogP contribution in [0.5, 0.6) is 0 Å². The number of fused-ring (bicyclic) bond motifs is 1. The quantitative estimate of drug-likeness (QED) is 0.786. The molecule has 1 unspecified atom stereocenters. The van der Waals surface area contributed by atoms with E-state index in [1.807, 2.05) is 12.1 Å². The van der Waals surface area contributed by atoms with E-state index < -0.39 is 5.82 Å². The minimum atomic E-state index is -0.400. The third-order valence-electron chi connectivity index (χ3n) is 4.13. The van der Waals surface area contributed by atoms with Crippen molar-refractivity contribution < 1.29 is 8.91 Å². The number of nitrogens with two attached hydrogens (primary N) is 1. The predicted octanol–water partition coefficient (Wildman–Crippen LogP) is 3.27. The summed E-state index contributed by atoms with van der Waals surface area (Å²) in [5, 5.41) is 3.92. The SMILES string of the molecule is NC1CCCc2cc(-c3nc(-c4ccc(F)cn4)no3)ccc21. The number of aryl methyl sites for hydroxylation is 1. The largest absolute Gasteiger partial charge is 0.334 e. The van der Waals surface area contributed by atoms with Crippen molar-refractivity contribution in [1.82, 2.24) is 15.1 Å². The molecule has 4 rings (SSSR count). The standard InChI is InChI=1S/C17H15FN4O/c18-12-5-7-15(20-9-12)16-21-17(23-22-16)11-4-6-13-10(8-11)2-1-3-14(13)19/h4-9,14H,1-3,19H2. The first kappa shape index (κ1) is 14.0. The van der Waals surface area contributed by atoms with E-state index in [2.05, 4.69) is 21.2 Å². The van der Waals surface area contributed by atoms with Crippen LogP contribution in [0.1, 0.15) is 30.0 Å². The van der Waals surface area contributed by atoms with Gasteiger partial charge in [0.25, 0.3) is 5.89 Å². The van der Waals surface area contributed by atoms with Crippen LogP contribution < -0.4 is 5.73 Å². The summed E-state index contributed by atoms with van der Waals surface area (Å²) < 4.78 is 18.3. The minimum absolute atomic E-state index is 0.106. The highest BCUT2D eigenvalue weighted by atomic mass is 19.1. The van der Waals surface area contributed by atoms with E-state index in [1.165, 1.54) is 23.3 Å². The highest BCUT2D eigenvalue weighted by molar-refractivity contribution is 5.59. The van der Waals surface area contributed by atoms with Crippen molar-refractivity contribution in [2.45, 2.75) is 25.3 Å². The van der Waals surface area contributed by atoms with E-state index in [1.54, 1.807) is 0 Å². The van der Waals surface area contributed by atoms with Gasteiger partial charge in [0.1, 0.15) is 11.5 Å². The van der Waals surface area contributed by atoms with Crippen LogP contribution >= 0.6 is 0 Å². The third-order valence-corrected chi connectivity index (χ3v) is 4.13. The molecule has 1 aliphatic carbocycles. The molecular weight excluding hydrogens is 295 g/mol. The molecule has 23 heavy (non-hydrogen) atoms. The van der Waals surface area contributed by atoms with Crippen molar-refractivity contribution in [3.05, 3.63) is 53.5 Å². The molecule has 0 saturated carbocycles. The van der Waals surface area contributed by atoms with Gasteiger partial charge >= 0.3 is 0 Å². The normalized spacial score (nSPS) is 17.0. The second kappa shape index (κ2) is 5.55. The molecular formula is C17H15FN4O. The van der Waals surface area contributed by atoms with Gasteiger partial charge in [-0.15, -0.1) is 0 Å². The molecule has 2 heterocycles. The summed E-state index contributed by atoms with van der Waals surface area (Å²) in [4.78, 5) is 8.31. The van der Waals surface area contributed by atoms with Gasteiger partial charge in [0.05, 0.1) is 6.20 Å². The lowest BCUT2D eigenvalue weighted by Crippen LogP contribution is -2.17. The summed E-state index contributed by atoms with van der Waals surface area (Å²) in [6.45, 7) is 0. The summed E-state index contributed by atoms with van der Waals surface area (Å²) in [7, 11) is 0. The fraction of sp³-hybridized carbons (Fsp3) is 0.235. The van der Waals surface area contributed by atoms with Crippen molar-refractivity contribution in [2.75, 3.05) is 0 Å². The van der Waals surface area contributed by atoms with Crippen LogP contribution in [0.25, 0.3) is 23.0 Å². The number of nitrogens with zero attached hydrogens (tertiary/aromatic N) is 3. The smallest absolute Gasteiger partial charge is 0.258 e. The van der Waals surface area contributed by atoms with Crippen LogP contribution in [0, 0.1) is 5.82 Å². The average molecular weight is 310 g/mol. The number of halogens is 1. The number of benzene rings is 1. The molecule has 0 bridgehead atoms. The highest BCUT2D eigenvalue weighted by Crippen LogP contribution is 2.31. The molecule has 0 fully saturated rings. The maximum absolute atomic E-state index is 12.9. The number of pyridine rings is 1. The molecule has 1 aromatic carbocycles. The summed E-state index contributed by atoms with van der Waals surface area (Å²) in [5.41, 5.74) is 9.90. The Labute approximate surface area is 132 Å². The highest BCUT2D eigenvalue weighted by Gasteiger charge is 2.19. The topological polar surface area (TPSA) is 77.8 Å². The van der Waals surface area contributed by atoms with Crippen LogP contribution in [0.2, 0.25) is 0 Å². The molecule has 6 heteroatoms. The molecule has 0 aliphatic heterocycles. The van der Waals surface area contributed by atoms with Gasteiger partial charge in [0, 0.05) is 11.6 Å². The predicted molar refractivity (Wildman–Crippen MR) is 82.8 cm³/mol. The van der Waals surface area contributed by atoms with E-state index in [0.29, 0.717) is 17.4 Å². The molecule has 116 valence electrons. The van der Waals surface area contributed by atoms with E-state index in [0.717, 1.165) is 31.0 Å². The third kappa shape index (κ3) is 2.61. The van der Waals surface area contributed by atoms with Gasteiger partial charge in [0.2, 0.25) is 5.82 Å². The van der Waals surface area contributed by atoms with Crippen molar-refractivity contribution in [3.8, 4) is 23.0 Å². The molecule has 1 atom stereocenters. The Morgan fingerprint density at radius 3 is 2.96 bits per heavy atom. The minimum Gasteiger partial charge on any atom is -0.334 e. The Kier molecular flexibility index (Phi) is 3.38. The monoisotopic (exact) mass is 310 g/mol. The fourth-order valence-electron chi connectivity index (χ4n) is 2.94. The Bertz CT molecular complexity index is 844. The lowest BCUT2D eigenvalue weighted by atomic mass is 9.87. The molecule has 0 spiro atoms. The first-order valence-corrected chi connectivity index (χ1v) is 7.55. The van der Waals surface area contributed by atoms with Crippen molar-refractivity contribution >= 4 is 0 Å². The van der Waals surface area contributed by atoms with Gasteiger partial charge in [-0.1, -0.05) is 11.2 Å². The Morgan fingerprint density at radius 1 is 1.22 bits per heavy atom. The summed E-state index contributed by atoms with van der Waals surface area (Å²) in [6.07, 6.45) is 4.25. The van der Waals surface area contributed by atoms with Gasteiger partial charge in [-0.25, -0.2) is 9.37 Å². The van der Waals surface area contributed by atoms with Gasteiger partial charge in [-0.3, -0.25) is 0 Å². The van der Waals surface area contributed by atoms with Gasteiger partial charge in [0.15, 0.2) is 0 Å². The first-order valence-electron chi connectivity index (χ1n) is 7.55. The molecule has 0 saturated heterocycles. The lowest BCUT2D eigenvalue weighted by Gasteiger charge is -2.22. The van der Waals surface area contributed by atoms with E-state index in [9.17, 15) is 4.39 Å². The van der Waals surface area contributed by atoms with Crippen LogP contribution in [-0.4, -0.2) is 15.1 Å². The zero-order valence-corrected chi connectivity index (χ0v) is 12.4. The number of rotatable bonds is 2. The van der Waals surface area contributed by atoms with Gasteiger partial charge in [-0.05, 0) is 54.7 Å². The van der Waals surface area contributed by atoms with Crippen LogP contribution in [-0.2, 0) is 6.42 Å².